The number of aryl methyl sites for hydroxylation is 1. The van der Waals surface area contributed by atoms with E-state index in [1.54, 1.807) is 6.21 Å². The van der Waals surface area contributed by atoms with Gasteiger partial charge in [-0.3, -0.25) is 9.56 Å². The normalized spacial score (nSPS) is 29.0. The fourth-order valence-electron chi connectivity index (χ4n) is 5.05. The molecule has 1 aliphatic carbocycles. The molecule has 5 rings (SSSR count). The molecule has 3 aliphatic rings. The summed E-state index contributed by atoms with van der Waals surface area (Å²) in [5, 5.41) is 12.1. The van der Waals surface area contributed by atoms with E-state index in [1.807, 2.05) is 36.5 Å². The molecule has 2 N–H and O–H groups in total. The van der Waals surface area contributed by atoms with E-state index in [0.717, 1.165) is 30.9 Å². The van der Waals surface area contributed by atoms with Gasteiger partial charge in [0.1, 0.15) is 12.0 Å². The lowest BCUT2D eigenvalue weighted by Gasteiger charge is -2.26. The zero-order valence-electron chi connectivity index (χ0n) is 17.6. The highest BCUT2D eigenvalue weighted by atomic mass is 32.2. The maximum Gasteiger partial charge on any atom is 0.211 e. The zero-order valence-corrected chi connectivity index (χ0v) is 18.4. The number of nitrogens with zero attached hydrogens (tertiary/aromatic N) is 4. The van der Waals surface area contributed by atoms with E-state index in [-0.39, 0.29) is 29.9 Å². The first kappa shape index (κ1) is 20.4. The first-order valence-corrected chi connectivity index (χ1v) is 12.6. The molecule has 2 unspecified atom stereocenters. The number of rotatable bonds is 7. The van der Waals surface area contributed by atoms with Crippen LogP contribution in [0.1, 0.15) is 55.4 Å². The van der Waals surface area contributed by atoms with Crippen LogP contribution in [0.25, 0.3) is 0 Å². The summed E-state index contributed by atoms with van der Waals surface area (Å²) >= 11 is 0. The molecule has 1 fully saturated rings. The van der Waals surface area contributed by atoms with E-state index in [1.165, 1.54) is 5.56 Å². The summed E-state index contributed by atoms with van der Waals surface area (Å²) in [4.78, 5) is 4.49. The highest BCUT2D eigenvalue weighted by molar-refractivity contribution is 7.89. The molecule has 1 aromatic carbocycles. The Hall–Kier alpha value is -2.52. The standard InChI is InChI=1S/C22H28N6O2S/c1-15-12-17(27-31(29,30)11-5-8-16-6-3-2-4-7-16)13-18(15)22-26-25-20-14-24-21-19(28(20)22)9-10-23-21/h2-4,6-7,9-10,14-15,17-19,21,23,27H,5,8,11-13H2,1H3/t15-,17+,18+,19?,21?/m1/s1. The Morgan fingerprint density at radius 1 is 1.19 bits per heavy atom. The molecule has 31 heavy (non-hydrogen) atoms. The second-order valence-electron chi connectivity index (χ2n) is 8.80. The number of benzene rings is 1. The second-order valence-corrected chi connectivity index (χ2v) is 10.7. The molecule has 0 radical (unpaired) electrons. The van der Waals surface area contributed by atoms with Gasteiger partial charge in [-0.1, -0.05) is 37.3 Å². The van der Waals surface area contributed by atoms with Crippen LogP contribution in [0.5, 0.6) is 0 Å². The SMILES string of the molecule is C[C@@H]1C[C@H](NS(=O)(=O)CCCc2ccccc2)C[C@@H]1c1nnc2n1C1C=CNC1N=C2. The molecule has 0 bridgehead atoms. The highest BCUT2D eigenvalue weighted by Crippen LogP contribution is 2.41. The minimum atomic E-state index is -3.32. The van der Waals surface area contributed by atoms with Gasteiger partial charge in [-0.05, 0) is 49.4 Å². The third kappa shape index (κ3) is 4.16. The Kier molecular flexibility index (Phi) is 5.39. The van der Waals surface area contributed by atoms with Crippen LogP contribution in [0.2, 0.25) is 0 Å². The molecule has 164 valence electrons. The summed E-state index contributed by atoms with van der Waals surface area (Å²) in [7, 11) is -3.32. The molecule has 0 spiro atoms. The topological polar surface area (TPSA) is 101 Å². The number of hydrogen-bond acceptors (Lipinski definition) is 6. The van der Waals surface area contributed by atoms with Crippen molar-refractivity contribution in [2.75, 3.05) is 5.75 Å². The predicted molar refractivity (Wildman–Crippen MR) is 119 cm³/mol. The van der Waals surface area contributed by atoms with E-state index >= 15 is 0 Å². The average Bonchev–Trinajstić information content (AvgIpc) is 3.45. The third-order valence-electron chi connectivity index (χ3n) is 6.56. The van der Waals surface area contributed by atoms with Crippen molar-refractivity contribution in [3.8, 4) is 0 Å². The van der Waals surface area contributed by atoms with Gasteiger partial charge in [0.15, 0.2) is 5.82 Å². The number of fused-ring (bicyclic) bond motifs is 3. The van der Waals surface area contributed by atoms with Crippen molar-refractivity contribution in [1.29, 1.82) is 0 Å². The summed E-state index contributed by atoms with van der Waals surface area (Å²) in [5.41, 5.74) is 1.17. The number of sulfonamides is 1. The zero-order chi connectivity index (χ0) is 21.4. The Labute approximate surface area is 182 Å². The van der Waals surface area contributed by atoms with Crippen molar-refractivity contribution in [2.24, 2.45) is 10.9 Å². The number of aromatic nitrogens is 3. The maximum atomic E-state index is 12.7. The quantitative estimate of drug-likeness (QED) is 0.687. The number of aliphatic imine (C=N–C) groups is 1. The third-order valence-corrected chi connectivity index (χ3v) is 8.08. The molecule has 0 amide bonds. The molecule has 9 heteroatoms. The van der Waals surface area contributed by atoms with Gasteiger partial charge in [-0.15, -0.1) is 10.2 Å². The Bertz CT molecular complexity index is 1090. The fourth-order valence-corrected chi connectivity index (χ4v) is 6.40. The first-order valence-electron chi connectivity index (χ1n) is 10.9. The van der Waals surface area contributed by atoms with Crippen molar-refractivity contribution >= 4 is 16.2 Å². The fraction of sp³-hybridized carbons (Fsp3) is 0.500. The van der Waals surface area contributed by atoms with Crippen LogP contribution in [-0.2, 0) is 16.4 Å². The van der Waals surface area contributed by atoms with Gasteiger partial charge >= 0.3 is 0 Å². The average molecular weight is 441 g/mol. The summed E-state index contributed by atoms with van der Waals surface area (Å²) in [6.07, 6.45) is 8.69. The van der Waals surface area contributed by atoms with Crippen LogP contribution in [0.15, 0.2) is 47.6 Å². The largest absolute Gasteiger partial charge is 0.368 e. The van der Waals surface area contributed by atoms with E-state index in [4.69, 9.17) is 0 Å². The molecule has 5 atom stereocenters. The van der Waals surface area contributed by atoms with Crippen LogP contribution >= 0.6 is 0 Å². The number of nitrogens with one attached hydrogen (secondary N) is 2. The van der Waals surface area contributed by atoms with Gasteiger partial charge in [-0.2, -0.15) is 0 Å². The second kappa shape index (κ2) is 8.20. The van der Waals surface area contributed by atoms with Crippen LogP contribution in [-0.4, -0.2) is 47.4 Å². The molecule has 2 aromatic rings. The molecule has 1 aromatic heterocycles. The summed E-state index contributed by atoms with van der Waals surface area (Å²) in [5.74, 6) is 2.33. The Morgan fingerprint density at radius 2 is 2.03 bits per heavy atom. The minimum absolute atomic E-state index is 0.0159. The minimum Gasteiger partial charge on any atom is -0.368 e. The number of hydrogen-bond donors (Lipinski definition) is 2. The van der Waals surface area contributed by atoms with Gasteiger partial charge in [0.2, 0.25) is 10.0 Å². The Morgan fingerprint density at radius 3 is 2.87 bits per heavy atom. The monoisotopic (exact) mass is 440 g/mol. The van der Waals surface area contributed by atoms with Gasteiger partial charge in [0.25, 0.3) is 0 Å². The molecule has 2 aliphatic heterocycles. The summed E-state index contributed by atoms with van der Waals surface area (Å²) in [6, 6.07) is 10.0. The van der Waals surface area contributed by atoms with Crippen molar-refractivity contribution in [1.82, 2.24) is 24.8 Å². The predicted octanol–water partition coefficient (Wildman–Crippen LogP) is 2.13. The van der Waals surface area contributed by atoms with Gasteiger partial charge < -0.3 is 5.32 Å². The molecular formula is C22H28N6O2S. The lowest BCUT2D eigenvalue weighted by atomic mass is 9.96. The lowest BCUT2D eigenvalue weighted by Crippen LogP contribution is -2.35. The van der Waals surface area contributed by atoms with Crippen LogP contribution in [0.4, 0.5) is 0 Å². The molecule has 0 saturated heterocycles. The van der Waals surface area contributed by atoms with Crippen molar-refractivity contribution in [3.05, 3.63) is 59.8 Å². The molecule has 8 nitrogen and oxygen atoms in total. The summed E-state index contributed by atoms with van der Waals surface area (Å²) < 4.78 is 30.5. The van der Waals surface area contributed by atoms with E-state index in [9.17, 15) is 8.42 Å². The van der Waals surface area contributed by atoms with Crippen molar-refractivity contribution in [3.63, 3.8) is 0 Å². The molecular weight excluding hydrogens is 412 g/mol. The first-order chi connectivity index (χ1) is 15.0. The Balaban J connectivity index is 1.23. The molecule has 3 heterocycles. The van der Waals surface area contributed by atoms with Gasteiger partial charge in [-0.25, -0.2) is 13.1 Å². The van der Waals surface area contributed by atoms with Crippen LogP contribution < -0.4 is 10.0 Å². The highest BCUT2D eigenvalue weighted by Gasteiger charge is 2.40. The van der Waals surface area contributed by atoms with Crippen LogP contribution in [0.3, 0.4) is 0 Å². The van der Waals surface area contributed by atoms with Gasteiger partial charge in [0, 0.05) is 12.0 Å². The lowest BCUT2D eigenvalue weighted by molar-refractivity contribution is 0.421. The molecule has 1 saturated carbocycles. The smallest absolute Gasteiger partial charge is 0.211 e. The van der Waals surface area contributed by atoms with Crippen molar-refractivity contribution in [2.45, 2.75) is 56.8 Å². The van der Waals surface area contributed by atoms with Gasteiger partial charge in [0.05, 0.1) is 18.0 Å². The summed E-state index contributed by atoms with van der Waals surface area (Å²) in [6.45, 7) is 2.17. The van der Waals surface area contributed by atoms with E-state index < -0.39 is 10.0 Å². The van der Waals surface area contributed by atoms with Crippen molar-refractivity contribution < 1.29 is 8.42 Å². The van der Waals surface area contributed by atoms with Crippen LogP contribution in [0, 0.1) is 5.92 Å². The van der Waals surface area contributed by atoms with E-state index in [2.05, 4.69) is 42.8 Å². The van der Waals surface area contributed by atoms with E-state index in [0.29, 0.717) is 12.3 Å². The maximum absolute atomic E-state index is 12.7.